The van der Waals surface area contributed by atoms with E-state index in [2.05, 4.69) is 72.8 Å². The molecule has 8 rings (SSSR count). The van der Waals surface area contributed by atoms with Crippen LogP contribution in [0.25, 0.3) is 76.9 Å². The van der Waals surface area contributed by atoms with E-state index in [1.807, 2.05) is 36.4 Å². The van der Waals surface area contributed by atoms with Gasteiger partial charge in [0.2, 0.25) is 0 Å². The van der Waals surface area contributed by atoms with Crippen molar-refractivity contribution in [1.29, 1.82) is 0 Å². The van der Waals surface area contributed by atoms with Crippen molar-refractivity contribution in [2.24, 2.45) is 0 Å². The number of hydrogen-bond acceptors (Lipinski definition) is 2. The largest absolute Gasteiger partial charge is 0.456 e. The van der Waals surface area contributed by atoms with Crippen LogP contribution in [-0.4, -0.2) is 0 Å². The number of benzene rings is 6. The highest BCUT2D eigenvalue weighted by molar-refractivity contribution is 6.27. The summed E-state index contributed by atoms with van der Waals surface area (Å²) in [5, 5.41) is 9.65. The Hall–Kier alpha value is -4.56. The quantitative estimate of drug-likeness (QED) is 0.253. The summed E-state index contributed by atoms with van der Waals surface area (Å²) >= 11 is 0. The molecule has 0 bridgehead atoms. The lowest BCUT2D eigenvalue weighted by Crippen LogP contribution is -1.88. The molecule has 0 unspecified atom stereocenters. The van der Waals surface area contributed by atoms with Crippen molar-refractivity contribution in [3.05, 3.63) is 109 Å². The smallest absolute Gasteiger partial charge is 0.136 e. The molecule has 34 heavy (non-hydrogen) atoms. The molecule has 0 saturated carbocycles. The molecule has 6 aromatic carbocycles. The van der Waals surface area contributed by atoms with E-state index in [-0.39, 0.29) is 0 Å². The molecule has 0 spiro atoms. The van der Waals surface area contributed by atoms with Gasteiger partial charge in [-0.3, -0.25) is 0 Å². The van der Waals surface area contributed by atoms with Gasteiger partial charge in [-0.1, -0.05) is 72.8 Å². The second-order valence-corrected chi connectivity index (χ2v) is 8.95. The van der Waals surface area contributed by atoms with E-state index >= 15 is 0 Å². The van der Waals surface area contributed by atoms with Crippen molar-refractivity contribution in [2.45, 2.75) is 0 Å². The second kappa shape index (κ2) is 6.49. The summed E-state index contributed by atoms with van der Waals surface area (Å²) in [6.07, 6.45) is 0. The number of rotatable bonds is 2. The van der Waals surface area contributed by atoms with Gasteiger partial charge < -0.3 is 8.83 Å². The third kappa shape index (κ3) is 2.40. The lowest BCUT2D eigenvalue weighted by atomic mass is 9.89. The maximum Gasteiger partial charge on any atom is 0.136 e. The molecule has 8 aromatic rings. The summed E-state index contributed by atoms with van der Waals surface area (Å²) in [5.74, 6) is 1.80. The minimum absolute atomic E-state index is 0.900. The van der Waals surface area contributed by atoms with Gasteiger partial charge in [0, 0.05) is 21.9 Å². The molecule has 0 aliphatic heterocycles. The highest BCUT2D eigenvalue weighted by Crippen LogP contribution is 2.43. The van der Waals surface area contributed by atoms with Crippen LogP contribution in [0.5, 0.6) is 0 Å². The lowest BCUT2D eigenvalue weighted by Gasteiger charge is -2.15. The Bertz CT molecular complexity index is 1800. The summed E-state index contributed by atoms with van der Waals surface area (Å²) in [6.45, 7) is 0. The average Bonchev–Trinajstić information content (AvgIpc) is 3.51. The molecule has 2 aromatic heterocycles. The summed E-state index contributed by atoms with van der Waals surface area (Å²) in [7, 11) is 0. The normalized spacial score (nSPS) is 12.1. The molecule has 0 radical (unpaired) electrons. The maximum atomic E-state index is 6.26. The van der Waals surface area contributed by atoms with Gasteiger partial charge in [0.15, 0.2) is 0 Å². The van der Waals surface area contributed by atoms with E-state index in [0.717, 1.165) is 44.6 Å². The fourth-order valence-corrected chi connectivity index (χ4v) is 5.46. The van der Waals surface area contributed by atoms with Gasteiger partial charge in [0.1, 0.15) is 22.7 Å². The van der Waals surface area contributed by atoms with E-state index in [9.17, 15) is 0 Å². The molecule has 2 nitrogen and oxygen atoms in total. The Morgan fingerprint density at radius 3 is 1.29 bits per heavy atom. The van der Waals surface area contributed by atoms with Crippen molar-refractivity contribution in [3.63, 3.8) is 0 Å². The van der Waals surface area contributed by atoms with Gasteiger partial charge in [-0.25, -0.2) is 0 Å². The van der Waals surface area contributed by atoms with Crippen LogP contribution >= 0.6 is 0 Å². The third-order valence-electron chi connectivity index (χ3n) is 7.05. The molecule has 2 heteroatoms. The highest BCUT2D eigenvalue weighted by Gasteiger charge is 2.17. The molecule has 0 aliphatic rings. The van der Waals surface area contributed by atoms with Crippen LogP contribution in [0, 0.1) is 0 Å². The number of hydrogen-bond donors (Lipinski definition) is 0. The summed E-state index contributed by atoms with van der Waals surface area (Å²) in [4.78, 5) is 0. The molecule has 0 saturated heterocycles. The van der Waals surface area contributed by atoms with Gasteiger partial charge in [0.05, 0.1) is 0 Å². The Labute approximate surface area is 195 Å². The van der Waals surface area contributed by atoms with Gasteiger partial charge in [-0.15, -0.1) is 0 Å². The van der Waals surface area contributed by atoms with Crippen molar-refractivity contribution in [3.8, 4) is 22.6 Å². The van der Waals surface area contributed by atoms with Crippen molar-refractivity contribution in [2.75, 3.05) is 0 Å². The van der Waals surface area contributed by atoms with E-state index in [4.69, 9.17) is 8.83 Å². The molecule has 0 fully saturated rings. The fraction of sp³-hybridized carbons (Fsp3) is 0. The first-order valence-electron chi connectivity index (χ1n) is 11.5. The molecule has 0 aliphatic carbocycles. The Morgan fingerprint density at radius 1 is 0.382 bits per heavy atom. The Kier molecular flexibility index (Phi) is 3.42. The van der Waals surface area contributed by atoms with Crippen LogP contribution in [0.2, 0.25) is 0 Å². The minimum atomic E-state index is 0.900. The average molecular weight is 434 g/mol. The summed E-state index contributed by atoms with van der Waals surface area (Å²) in [5.41, 5.74) is 4.06. The van der Waals surface area contributed by atoms with Crippen molar-refractivity contribution < 1.29 is 8.83 Å². The van der Waals surface area contributed by atoms with E-state index in [1.54, 1.807) is 0 Å². The highest BCUT2D eigenvalue weighted by atomic mass is 16.3. The number of fused-ring (bicyclic) bond motifs is 2. The van der Waals surface area contributed by atoms with Gasteiger partial charge in [0.25, 0.3) is 0 Å². The van der Waals surface area contributed by atoms with Crippen LogP contribution < -0.4 is 0 Å². The van der Waals surface area contributed by atoms with E-state index in [0.29, 0.717) is 0 Å². The van der Waals surface area contributed by atoms with Gasteiger partial charge >= 0.3 is 0 Å². The Balaban J connectivity index is 1.45. The Morgan fingerprint density at radius 2 is 0.824 bits per heavy atom. The van der Waals surface area contributed by atoms with E-state index in [1.165, 1.54) is 32.3 Å². The maximum absolute atomic E-state index is 6.26. The molecule has 158 valence electrons. The van der Waals surface area contributed by atoms with Crippen LogP contribution in [0.1, 0.15) is 0 Å². The SMILES string of the molecule is c1ccc2oc(-c3ccc4ccc5c(-c6cc7ccccc7o6)ccc6ccc3c4c65)cc2c1. The zero-order valence-electron chi connectivity index (χ0n) is 18.2. The standard InChI is InChI=1S/C32H18O2/c1-3-7-27-21(5-1)17-29(33-27)23-13-9-19-12-16-26-24(30-18-22-6-2-4-8-28(22)34-30)14-10-20-11-15-25(23)31(19)32(20)26/h1-18H. The first-order chi connectivity index (χ1) is 16.8. The fourth-order valence-electron chi connectivity index (χ4n) is 5.46. The predicted octanol–water partition coefficient (Wildman–Crippen LogP) is 9.41. The first-order valence-corrected chi connectivity index (χ1v) is 11.5. The molecule has 0 amide bonds. The predicted molar refractivity (Wildman–Crippen MR) is 141 cm³/mol. The molecular weight excluding hydrogens is 416 g/mol. The zero-order valence-corrected chi connectivity index (χ0v) is 18.2. The van der Waals surface area contributed by atoms with Gasteiger partial charge in [-0.05, 0) is 68.7 Å². The van der Waals surface area contributed by atoms with Crippen LogP contribution in [0.3, 0.4) is 0 Å². The minimum Gasteiger partial charge on any atom is -0.456 e. The van der Waals surface area contributed by atoms with Crippen LogP contribution in [0.15, 0.2) is 118 Å². The molecule has 2 heterocycles. The van der Waals surface area contributed by atoms with E-state index < -0.39 is 0 Å². The van der Waals surface area contributed by atoms with Crippen molar-refractivity contribution >= 4 is 54.3 Å². The van der Waals surface area contributed by atoms with Crippen molar-refractivity contribution in [1.82, 2.24) is 0 Å². The van der Waals surface area contributed by atoms with Gasteiger partial charge in [-0.2, -0.15) is 0 Å². The second-order valence-electron chi connectivity index (χ2n) is 8.95. The summed E-state index contributed by atoms with van der Waals surface area (Å²) < 4.78 is 12.5. The lowest BCUT2D eigenvalue weighted by molar-refractivity contribution is 0.632. The molecule has 0 N–H and O–H groups in total. The van der Waals surface area contributed by atoms with Crippen LogP contribution in [0.4, 0.5) is 0 Å². The molecular formula is C32H18O2. The molecule has 0 atom stereocenters. The first kappa shape index (κ1) is 17.9. The third-order valence-corrected chi connectivity index (χ3v) is 7.05. The number of para-hydroxylation sites is 2. The monoisotopic (exact) mass is 434 g/mol. The zero-order chi connectivity index (χ0) is 22.2. The topological polar surface area (TPSA) is 26.3 Å². The van der Waals surface area contributed by atoms with Crippen LogP contribution in [-0.2, 0) is 0 Å². The number of furan rings is 2. The summed E-state index contributed by atoms with van der Waals surface area (Å²) in [6, 6.07) is 38.3.